The summed E-state index contributed by atoms with van der Waals surface area (Å²) in [6.07, 6.45) is 8.89. The third-order valence-electron chi connectivity index (χ3n) is 4.58. The topological polar surface area (TPSA) is 64.4 Å². The average Bonchev–Trinajstić information content (AvgIpc) is 2.82. The minimum atomic E-state index is -0.266. The van der Waals surface area contributed by atoms with Gasteiger partial charge in [-0.15, -0.1) is 12.4 Å². The van der Waals surface area contributed by atoms with Crippen molar-refractivity contribution in [3.8, 4) is 0 Å². The van der Waals surface area contributed by atoms with Gasteiger partial charge in [-0.3, -0.25) is 4.79 Å². The molecule has 2 rings (SSSR count). The Labute approximate surface area is 128 Å². The Morgan fingerprint density at radius 3 is 2.60 bits per heavy atom. The lowest BCUT2D eigenvalue weighted by Crippen LogP contribution is -2.47. The van der Waals surface area contributed by atoms with Gasteiger partial charge < -0.3 is 15.8 Å². The lowest BCUT2D eigenvalue weighted by molar-refractivity contribution is -0.133. The maximum Gasteiger partial charge on any atom is 0.249 e. The second-order valence-corrected chi connectivity index (χ2v) is 6.01. The Hall–Kier alpha value is -0.320. The summed E-state index contributed by atoms with van der Waals surface area (Å²) in [6.45, 7) is 2.72. The summed E-state index contributed by atoms with van der Waals surface area (Å²) in [5, 5.41) is 3.24. The molecule has 1 aliphatic heterocycles. The van der Waals surface area contributed by atoms with E-state index in [9.17, 15) is 4.79 Å². The molecule has 3 atom stereocenters. The quantitative estimate of drug-likeness (QED) is 0.759. The zero-order valence-corrected chi connectivity index (χ0v) is 13.3. The highest BCUT2D eigenvalue weighted by Crippen LogP contribution is 2.32. The summed E-state index contributed by atoms with van der Waals surface area (Å²) in [6, 6.07) is 0.363. The molecule has 1 saturated carbocycles. The van der Waals surface area contributed by atoms with Gasteiger partial charge in [-0.2, -0.15) is 0 Å². The molecule has 1 heterocycles. The molecule has 1 amide bonds. The van der Waals surface area contributed by atoms with Gasteiger partial charge >= 0.3 is 0 Å². The van der Waals surface area contributed by atoms with Crippen LogP contribution in [-0.2, 0) is 9.53 Å². The first-order chi connectivity index (χ1) is 9.24. The lowest BCUT2D eigenvalue weighted by Gasteiger charge is -2.35. The van der Waals surface area contributed by atoms with Gasteiger partial charge in [-0.05, 0) is 38.0 Å². The molecule has 0 aromatic rings. The molecule has 5 heteroatoms. The maximum atomic E-state index is 12.2. The van der Waals surface area contributed by atoms with Gasteiger partial charge in [0.2, 0.25) is 5.91 Å². The van der Waals surface area contributed by atoms with Crippen LogP contribution in [0.4, 0.5) is 0 Å². The molecule has 1 aliphatic carbocycles. The largest absolute Gasteiger partial charge is 0.364 e. The number of halogens is 1. The minimum absolute atomic E-state index is 0. The smallest absolute Gasteiger partial charge is 0.249 e. The molecule has 0 aromatic heterocycles. The summed E-state index contributed by atoms with van der Waals surface area (Å²) in [4.78, 5) is 12.2. The van der Waals surface area contributed by atoms with Crippen molar-refractivity contribution in [2.75, 3.05) is 6.54 Å². The summed E-state index contributed by atoms with van der Waals surface area (Å²) >= 11 is 0. The van der Waals surface area contributed by atoms with E-state index in [1.807, 2.05) is 0 Å². The van der Waals surface area contributed by atoms with Crippen molar-refractivity contribution in [2.24, 2.45) is 11.7 Å². The Kier molecular flexibility index (Phi) is 7.85. The summed E-state index contributed by atoms with van der Waals surface area (Å²) < 4.78 is 5.67. The SMILES string of the molecule is CCCCC(NC(=O)[C@@H]1CC[C@H](CN)O1)C1CCC1.Cl. The van der Waals surface area contributed by atoms with Gasteiger partial charge in [0.15, 0.2) is 0 Å². The Bertz CT molecular complexity index is 298. The van der Waals surface area contributed by atoms with Crippen LogP contribution in [0.5, 0.6) is 0 Å². The van der Waals surface area contributed by atoms with Crippen LogP contribution < -0.4 is 11.1 Å². The first-order valence-electron chi connectivity index (χ1n) is 7.90. The fourth-order valence-corrected chi connectivity index (χ4v) is 3.04. The summed E-state index contributed by atoms with van der Waals surface area (Å²) in [5.41, 5.74) is 5.59. The predicted octanol–water partition coefficient (Wildman–Crippen LogP) is 2.39. The van der Waals surface area contributed by atoms with Gasteiger partial charge in [-0.25, -0.2) is 0 Å². The van der Waals surface area contributed by atoms with Crippen LogP contribution >= 0.6 is 12.4 Å². The van der Waals surface area contributed by atoms with Crippen molar-refractivity contribution in [2.45, 2.75) is 76.5 Å². The van der Waals surface area contributed by atoms with E-state index < -0.39 is 0 Å². The highest BCUT2D eigenvalue weighted by molar-refractivity contribution is 5.85. The van der Waals surface area contributed by atoms with Gasteiger partial charge in [0, 0.05) is 12.6 Å². The molecule has 4 nitrogen and oxygen atoms in total. The first kappa shape index (κ1) is 17.7. The molecular weight excluding hydrogens is 276 g/mol. The molecule has 3 N–H and O–H groups in total. The van der Waals surface area contributed by atoms with E-state index in [2.05, 4.69) is 12.2 Å². The molecule has 0 aromatic carbocycles. The standard InChI is InChI=1S/C15H28N2O2.ClH/c1-2-3-7-13(11-5-4-6-11)17-15(18)14-9-8-12(10-16)19-14;/h11-14H,2-10,16H2,1H3,(H,17,18);1H/t12-,13?,14+;/m1./s1. The normalized spacial score (nSPS) is 27.5. The van der Waals surface area contributed by atoms with E-state index in [0.717, 1.165) is 19.3 Å². The van der Waals surface area contributed by atoms with E-state index in [0.29, 0.717) is 18.5 Å². The molecule has 2 aliphatic rings. The van der Waals surface area contributed by atoms with Crippen LogP contribution in [0.1, 0.15) is 58.3 Å². The fourth-order valence-electron chi connectivity index (χ4n) is 3.04. The molecule has 1 unspecified atom stereocenters. The van der Waals surface area contributed by atoms with Crippen LogP contribution in [0.15, 0.2) is 0 Å². The Balaban J connectivity index is 0.00000200. The van der Waals surface area contributed by atoms with Gasteiger partial charge in [0.1, 0.15) is 6.10 Å². The number of hydrogen-bond acceptors (Lipinski definition) is 3. The molecule has 1 saturated heterocycles. The fraction of sp³-hybridized carbons (Fsp3) is 0.933. The highest BCUT2D eigenvalue weighted by Gasteiger charge is 2.33. The summed E-state index contributed by atoms with van der Waals surface area (Å²) in [5.74, 6) is 0.783. The van der Waals surface area contributed by atoms with E-state index in [-0.39, 0.29) is 30.5 Å². The number of rotatable bonds is 7. The van der Waals surface area contributed by atoms with Crippen molar-refractivity contribution >= 4 is 18.3 Å². The highest BCUT2D eigenvalue weighted by atomic mass is 35.5. The maximum absolute atomic E-state index is 12.2. The van der Waals surface area contributed by atoms with E-state index >= 15 is 0 Å². The summed E-state index contributed by atoms with van der Waals surface area (Å²) in [7, 11) is 0. The number of nitrogens with two attached hydrogens (primary N) is 1. The number of amides is 1. The number of nitrogens with one attached hydrogen (secondary N) is 1. The molecule has 2 fully saturated rings. The monoisotopic (exact) mass is 304 g/mol. The van der Waals surface area contributed by atoms with E-state index in [1.54, 1.807) is 0 Å². The molecular formula is C15H29ClN2O2. The number of carbonyl (C=O) groups is 1. The van der Waals surface area contributed by atoms with Gasteiger partial charge in [0.05, 0.1) is 6.10 Å². The van der Waals surface area contributed by atoms with Gasteiger partial charge in [0.25, 0.3) is 0 Å². The van der Waals surface area contributed by atoms with Crippen molar-refractivity contribution < 1.29 is 9.53 Å². The van der Waals surface area contributed by atoms with E-state index in [1.165, 1.54) is 32.1 Å². The first-order valence-corrected chi connectivity index (χ1v) is 7.90. The molecule has 0 spiro atoms. The number of unbranched alkanes of at least 4 members (excludes halogenated alkanes) is 1. The number of ether oxygens (including phenoxy) is 1. The second kappa shape index (κ2) is 8.85. The predicted molar refractivity (Wildman–Crippen MR) is 83.0 cm³/mol. The van der Waals surface area contributed by atoms with Crippen molar-refractivity contribution in [1.29, 1.82) is 0 Å². The third kappa shape index (κ3) is 4.61. The number of hydrogen-bond donors (Lipinski definition) is 2. The number of carbonyl (C=O) groups excluding carboxylic acids is 1. The van der Waals surface area contributed by atoms with Crippen LogP contribution in [0.2, 0.25) is 0 Å². The van der Waals surface area contributed by atoms with Crippen LogP contribution in [0.25, 0.3) is 0 Å². The molecule has 118 valence electrons. The zero-order chi connectivity index (χ0) is 13.7. The molecule has 0 radical (unpaired) electrons. The minimum Gasteiger partial charge on any atom is -0.364 e. The van der Waals surface area contributed by atoms with Crippen molar-refractivity contribution in [3.05, 3.63) is 0 Å². The average molecular weight is 305 g/mol. The third-order valence-corrected chi connectivity index (χ3v) is 4.58. The van der Waals surface area contributed by atoms with Crippen molar-refractivity contribution in [3.63, 3.8) is 0 Å². The Morgan fingerprint density at radius 1 is 1.35 bits per heavy atom. The van der Waals surface area contributed by atoms with E-state index in [4.69, 9.17) is 10.5 Å². The Morgan fingerprint density at radius 2 is 2.10 bits per heavy atom. The van der Waals surface area contributed by atoms with Crippen molar-refractivity contribution in [1.82, 2.24) is 5.32 Å². The van der Waals surface area contributed by atoms with Crippen LogP contribution in [-0.4, -0.2) is 30.7 Å². The molecule has 0 bridgehead atoms. The van der Waals surface area contributed by atoms with Crippen LogP contribution in [0, 0.1) is 5.92 Å². The lowest BCUT2D eigenvalue weighted by atomic mass is 9.78. The van der Waals surface area contributed by atoms with Crippen LogP contribution in [0.3, 0.4) is 0 Å². The second-order valence-electron chi connectivity index (χ2n) is 6.01. The zero-order valence-electron chi connectivity index (χ0n) is 12.5. The van der Waals surface area contributed by atoms with Gasteiger partial charge in [-0.1, -0.05) is 26.2 Å². The molecule has 20 heavy (non-hydrogen) atoms.